The number of H-pyrrole nitrogens is 1. The van der Waals surface area contributed by atoms with E-state index in [-0.39, 0.29) is 5.91 Å². The number of nitrogens with zero attached hydrogens (tertiary/aromatic N) is 5. The Bertz CT molecular complexity index is 930. The Balaban J connectivity index is 1.48. The average Bonchev–Trinajstić information content (AvgIpc) is 3.26. The predicted molar refractivity (Wildman–Crippen MR) is 97.5 cm³/mol. The van der Waals surface area contributed by atoms with Crippen molar-refractivity contribution >= 4 is 17.5 Å². The molecule has 0 saturated heterocycles. The van der Waals surface area contributed by atoms with Crippen LogP contribution in [0, 0.1) is 0 Å². The monoisotopic (exact) mass is 370 g/mol. The summed E-state index contributed by atoms with van der Waals surface area (Å²) in [7, 11) is 1.89. The highest BCUT2D eigenvalue weighted by molar-refractivity contribution is 6.30. The number of nitrogens with one attached hydrogen (secondary N) is 1. The number of aromatic amines is 1. The Morgan fingerprint density at radius 1 is 1.31 bits per heavy atom. The van der Waals surface area contributed by atoms with Gasteiger partial charge < -0.3 is 9.47 Å². The number of amides is 1. The van der Waals surface area contributed by atoms with Crippen LogP contribution in [-0.2, 0) is 31.2 Å². The van der Waals surface area contributed by atoms with Gasteiger partial charge in [-0.05, 0) is 12.1 Å². The van der Waals surface area contributed by atoms with E-state index in [2.05, 4.69) is 20.4 Å². The van der Waals surface area contributed by atoms with Crippen molar-refractivity contribution in [2.24, 2.45) is 7.05 Å². The highest BCUT2D eigenvalue weighted by atomic mass is 35.5. The number of carbonyl (C=O) groups excluding carboxylic acids is 1. The number of rotatable bonds is 4. The minimum atomic E-state index is 0.127. The lowest BCUT2D eigenvalue weighted by Gasteiger charge is -2.27. The van der Waals surface area contributed by atoms with Crippen molar-refractivity contribution in [1.82, 2.24) is 29.9 Å². The minimum absolute atomic E-state index is 0.127. The van der Waals surface area contributed by atoms with E-state index in [0.29, 0.717) is 31.0 Å². The van der Waals surface area contributed by atoms with Crippen LogP contribution in [-0.4, -0.2) is 42.3 Å². The maximum Gasteiger partial charge on any atom is 0.223 e. The molecule has 0 saturated carbocycles. The van der Waals surface area contributed by atoms with E-state index < -0.39 is 0 Å². The molecule has 3 heterocycles. The molecule has 0 spiro atoms. The minimum Gasteiger partial charge on any atom is -0.338 e. The van der Waals surface area contributed by atoms with Gasteiger partial charge in [-0.3, -0.25) is 9.89 Å². The molecule has 4 rings (SSSR count). The van der Waals surface area contributed by atoms with Gasteiger partial charge in [-0.1, -0.05) is 23.7 Å². The second-order valence-corrected chi connectivity index (χ2v) is 6.90. The largest absolute Gasteiger partial charge is 0.338 e. The quantitative estimate of drug-likeness (QED) is 0.764. The predicted octanol–water partition coefficient (Wildman–Crippen LogP) is 2.38. The smallest absolute Gasteiger partial charge is 0.223 e. The van der Waals surface area contributed by atoms with Crippen LogP contribution in [0.1, 0.15) is 23.5 Å². The summed E-state index contributed by atoms with van der Waals surface area (Å²) in [5, 5.41) is 16.2. The molecule has 0 fully saturated rings. The Morgan fingerprint density at radius 2 is 2.12 bits per heavy atom. The normalized spacial score (nSPS) is 13.7. The standard InChI is InChI=1S/C18H19ClN6O/c1-24-11-20-22-16(24)6-7-17(26)25-9-8-15-14(10-25)18(23-21-15)12-2-4-13(19)5-3-12/h2-5,11H,6-10H2,1H3,(H,21,23). The number of aryl methyl sites for hydroxylation is 2. The molecule has 1 aliphatic rings. The molecule has 8 heteroatoms. The number of benzene rings is 1. The van der Waals surface area contributed by atoms with E-state index >= 15 is 0 Å². The molecule has 1 aliphatic heterocycles. The first-order chi connectivity index (χ1) is 12.6. The Morgan fingerprint density at radius 3 is 2.85 bits per heavy atom. The van der Waals surface area contributed by atoms with Gasteiger partial charge in [0.15, 0.2) is 0 Å². The Hall–Kier alpha value is -2.67. The van der Waals surface area contributed by atoms with Gasteiger partial charge in [-0.2, -0.15) is 5.10 Å². The van der Waals surface area contributed by atoms with Gasteiger partial charge in [0, 0.05) is 61.2 Å². The first-order valence-electron chi connectivity index (χ1n) is 8.54. The highest BCUT2D eigenvalue weighted by Gasteiger charge is 2.25. The van der Waals surface area contributed by atoms with E-state index in [9.17, 15) is 4.79 Å². The van der Waals surface area contributed by atoms with Crippen molar-refractivity contribution in [3.05, 3.63) is 52.7 Å². The average molecular weight is 371 g/mol. The summed E-state index contributed by atoms with van der Waals surface area (Å²) >= 11 is 5.98. The zero-order valence-corrected chi connectivity index (χ0v) is 15.2. The lowest BCUT2D eigenvalue weighted by atomic mass is 10.0. The van der Waals surface area contributed by atoms with Gasteiger partial charge in [-0.25, -0.2) is 0 Å². The first-order valence-corrected chi connectivity index (χ1v) is 8.92. The van der Waals surface area contributed by atoms with Crippen molar-refractivity contribution in [2.75, 3.05) is 6.54 Å². The maximum absolute atomic E-state index is 12.6. The Kier molecular flexibility index (Phi) is 4.46. The van der Waals surface area contributed by atoms with Crippen LogP contribution in [0.3, 0.4) is 0 Å². The molecule has 26 heavy (non-hydrogen) atoms. The third kappa shape index (κ3) is 3.22. The van der Waals surface area contributed by atoms with Crippen molar-refractivity contribution in [3.8, 4) is 11.3 Å². The third-order valence-corrected chi connectivity index (χ3v) is 5.02. The molecule has 1 amide bonds. The molecule has 7 nitrogen and oxygen atoms in total. The summed E-state index contributed by atoms with van der Waals surface area (Å²) in [5.74, 6) is 0.947. The van der Waals surface area contributed by atoms with Crippen LogP contribution < -0.4 is 0 Å². The zero-order chi connectivity index (χ0) is 18.1. The molecule has 0 bridgehead atoms. The molecular formula is C18H19ClN6O. The lowest BCUT2D eigenvalue weighted by molar-refractivity contribution is -0.132. The van der Waals surface area contributed by atoms with E-state index in [1.165, 1.54) is 0 Å². The molecule has 134 valence electrons. The molecule has 0 aliphatic carbocycles. The van der Waals surface area contributed by atoms with E-state index in [4.69, 9.17) is 11.6 Å². The van der Waals surface area contributed by atoms with Crippen LogP contribution in [0.15, 0.2) is 30.6 Å². The molecule has 0 unspecified atom stereocenters. The van der Waals surface area contributed by atoms with Crippen LogP contribution in [0.2, 0.25) is 5.02 Å². The van der Waals surface area contributed by atoms with Crippen LogP contribution in [0.5, 0.6) is 0 Å². The number of carbonyl (C=O) groups is 1. The third-order valence-electron chi connectivity index (χ3n) is 4.77. The van der Waals surface area contributed by atoms with Gasteiger partial charge in [0.25, 0.3) is 0 Å². The molecule has 0 atom stereocenters. The van der Waals surface area contributed by atoms with E-state index in [1.807, 2.05) is 40.8 Å². The van der Waals surface area contributed by atoms with E-state index in [1.54, 1.807) is 6.33 Å². The van der Waals surface area contributed by atoms with Gasteiger partial charge in [0.2, 0.25) is 5.91 Å². The molecule has 1 aromatic carbocycles. The first kappa shape index (κ1) is 16.8. The van der Waals surface area contributed by atoms with Crippen molar-refractivity contribution < 1.29 is 4.79 Å². The van der Waals surface area contributed by atoms with Gasteiger partial charge in [0.05, 0.1) is 5.69 Å². The summed E-state index contributed by atoms with van der Waals surface area (Å²) in [6.07, 6.45) is 3.45. The summed E-state index contributed by atoms with van der Waals surface area (Å²) in [4.78, 5) is 14.5. The fraction of sp³-hybridized carbons (Fsp3) is 0.333. The van der Waals surface area contributed by atoms with Gasteiger partial charge >= 0.3 is 0 Å². The SMILES string of the molecule is Cn1cnnc1CCC(=O)N1CCc2[nH]nc(-c3ccc(Cl)cc3)c2C1. The summed E-state index contributed by atoms with van der Waals surface area (Å²) in [5.41, 5.74) is 4.08. The second-order valence-electron chi connectivity index (χ2n) is 6.46. The topological polar surface area (TPSA) is 79.7 Å². The fourth-order valence-corrected chi connectivity index (χ4v) is 3.39. The van der Waals surface area contributed by atoms with Gasteiger partial charge in [-0.15, -0.1) is 10.2 Å². The number of hydrogen-bond donors (Lipinski definition) is 1. The Labute approximate surface area is 156 Å². The van der Waals surface area contributed by atoms with Crippen molar-refractivity contribution in [1.29, 1.82) is 0 Å². The molecule has 1 N–H and O–H groups in total. The number of aromatic nitrogens is 5. The second kappa shape index (κ2) is 6.92. The molecular weight excluding hydrogens is 352 g/mol. The molecule has 3 aromatic rings. The zero-order valence-electron chi connectivity index (χ0n) is 14.4. The van der Waals surface area contributed by atoms with Crippen LogP contribution in [0.25, 0.3) is 11.3 Å². The number of halogens is 1. The highest BCUT2D eigenvalue weighted by Crippen LogP contribution is 2.29. The van der Waals surface area contributed by atoms with Crippen LogP contribution >= 0.6 is 11.6 Å². The van der Waals surface area contributed by atoms with Crippen LogP contribution in [0.4, 0.5) is 0 Å². The molecule has 2 aromatic heterocycles. The summed E-state index contributed by atoms with van der Waals surface area (Å²) < 4.78 is 1.84. The fourth-order valence-electron chi connectivity index (χ4n) is 3.26. The summed E-state index contributed by atoms with van der Waals surface area (Å²) in [6.45, 7) is 1.27. The maximum atomic E-state index is 12.6. The van der Waals surface area contributed by atoms with Gasteiger partial charge in [0.1, 0.15) is 12.2 Å². The summed E-state index contributed by atoms with van der Waals surface area (Å²) in [6, 6.07) is 7.61. The van der Waals surface area contributed by atoms with Crippen molar-refractivity contribution in [3.63, 3.8) is 0 Å². The lowest BCUT2D eigenvalue weighted by Crippen LogP contribution is -2.36. The molecule has 0 radical (unpaired) electrons. The van der Waals surface area contributed by atoms with E-state index in [0.717, 1.165) is 34.8 Å². The number of hydrogen-bond acceptors (Lipinski definition) is 4. The number of fused-ring (bicyclic) bond motifs is 1. The van der Waals surface area contributed by atoms with Crippen molar-refractivity contribution in [2.45, 2.75) is 25.8 Å².